The zero-order chi connectivity index (χ0) is 15.0. The molecule has 0 atom stereocenters. The molecule has 0 saturated heterocycles. The van der Waals surface area contributed by atoms with Gasteiger partial charge in [0.05, 0.1) is 21.4 Å². The van der Waals surface area contributed by atoms with Gasteiger partial charge in [0.1, 0.15) is 0 Å². The number of nitrogens with one attached hydrogen (secondary N) is 1. The highest BCUT2D eigenvalue weighted by molar-refractivity contribution is 7.14. The minimum atomic E-state index is -1.16. The van der Waals surface area contributed by atoms with E-state index in [9.17, 15) is 19.8 Å². The van der Waals surface area contributed by atoms with Crippen LogP contribution in [0.1, 0.15) is 25.3 Å². The van der Waals surface area contributed by atoms with Crippen molar-refractivity contribution in [2.24, 2.45) is 0 Å². The van der Waals surface area contributed by atoms with E-state index in [-0.39, 0.29) is 11.1 Å². The molecule has 0 unspecified atom stereocenters. The molecule has 1 aliphatic heterocycles. The number of rotatable bonds is 3. The second-order valence-corrected chi connectivity index (χ2v) is 5.91. The number of thiophene rings is 1. The van der Waals surface area contributed by atoms with Crippen molar-refractivity contribution in [1.29, 1.82) is 0 Å². The Balaban J connectivity index is 2.71. The van der Waals surface area contributed by atoms with Crippen LogP contribution in [0.3, 0.4) is 0 Å². The van der Waals surface area contributed by atoms with Crippen LogP contribution < -0.4 is 5.32 Å². The Morgan fingerprint density at radius 3 is 2.05 bits per heavy atom. The molecule has 1 aliphatic rings. The lowest BCUT2D eigenvalue weighted by molar-refractivity contribution is -0.133. The van der Waals surface area contributed by atoms with Gasteiger partial charge in [-0.25, -0.2) is 9.59 Å². The highest BCUT2D eigenvalue weighted by Crippen LogP contribution is 2.42. The van der Waals surface area contributed by atoms with Crippen molar-refractivity contribution in [2.75, 3.05) is 0 Å². The van der Waals surface area contributed by atoms with Gasteiger partial charge in [0.25, 0.3) is 0 Å². The third kappa shape index (κ3) is 2.32. The second-order valence-electron chi connectivity index (χ2n) is 4.40. The Bertz CT molecular complexity index is 623. The Hall–Kier alpha value is -1.79. The summed E-state index contributed by atoms with van der Waals surface area (Å²) in [6, 6.07) is 1.66. The molecule has 1 aromatic rings. The highest BCUT2D eigenvalue weighted by atomic mass is 35.5. The van der Waals surface area contributed by atoms with Crippen LogP contribution in [-0.4, -0.2) is 22.2 Å². The molecule has 7 heteroatoms. The van der Waals surface area contributed by atoms with Gasteiger partial charge in [-0.3, -0.25) is 0 Å². The molecule has 2 heterocycles. The molecular weight excluding hydrogens is 302 g/mol. The maximum atomic E-state index is 11.5. The number of halogens is 1. The van der Waals surface area contributed by atoms with Crippen LogP contribution in [0.15, 0.2) is 34.0 Å². The quantitative estimate of drug-likeness (QED) is 0.799. The molecule has 3 N–H and O–H groups in total. The number of hydrogen-bond donors (Lipinski definition) is 3. The number of hydrogen-bond acceptors (Lipinski definition) is 4. The summed E-state index contributed by atoms with van der Waals surface area (Å²) >= 11 is 7.32. The van der Waals surface area contributed by atoms with Crippen LogP contribution in [0.5, 0.6) is 0 Å². The number of carbonyl (C=O) groups is 2. The smallest absolute Gasteiger partial charge is 0.334 e. The zero-order valence-corrected chi connectivity index (χ0v) is 12.3. The molecule has 20 heavy (non-hydrogen) atoms. The second kappa shape index (κ2) is 5.30. The first-order chi connectivity index (χ1) is 9.34. The minimum Gasteiger partial charge on any atom is -0.478 e. The first kappa shape index (κ1) is 14.6. The van der Waals surface area contributed by atoms with Gasteiger partial charge >= 0.3 is 11.9 Å². The van der Waals surface area contributed by atoms with Crippen LogP contribution in [0.25, 0.3) is 0 Å². The van der Waals surface area contributed by atoms with Gasteiger partial charge in [0.2, 0.25) is 0 Å². The molecule has 0 radical (unpaired) electrons. The van der Waals surface area contributed by atoms with E-state index in [0.717, 1.165) is 0 Å². The topological polar surface area (TPSA) is 86.6 Å². The van der Waals surface area contributed by atoms with E-state index in [1.807, 2.05) is 0 Å². The van der Waals surface area contributed by atoms with Gasteiger partial charge in [-0.15, -0.1) is 11.3 Å². The highest BCUT2D eigenvalue weighted by Gasteiger charge is 2.37. The number of dihydropyridines is 1. The molecule has 2 rings (SSSR count). The Morgan fingerprint density at radius 2 is 1.70 bits per heavy atom. The predicted octanol–water partition coefficient (Wildman–Crippen LogP) is 2.81. The van der Waals surface area contributed by atoms with Crippen molar-refractivity contribution < 1.29 is 19.8 Å². The first-order valence-corrected chi connectivity index (χ1v) is 6.98. The van der Waals surface area contributed by atoms with Crippen LogP contribution >= 0.6 is 22.9 Å². The van der Waals surface area contributed by atoms with E-state index in [4.69, 9.17) is 11.6 Å². The zero-order valence-electron chi connectivity index (χ0n) is 10.7. The molecule has 0 saturated carbocycles. The average Bonchev–Trinajstić information content (AvgIpc) is 2.72. The minimum absolute atomic E-state index is 0.00769. The van der Waals surface area contributed by atoms with Crippen molar-refractivity contribution in [3.63, 3.8) is 0 Å². The lowest BCUT2D eigenvalue weighted by Gasteiger charge is -2.28. The summed E-state index contributed by atoms with van der Waals surface area (Å²) in [6.45, 7) is 3.22. The van der Waals surface area contributed by atoms with E-state index in [1.54, 1.807) is 25.3 Å². The summed E-state index contributed by atoms with van der Waals surface area (Å²) in [6.07, 6.45) is 0. The summed E-state index contributed by atoms with van der Waals surface area (Å²) in [5, 5.41) is 23.3. The first-order valence-electron chi connectivity index (χ1n) is 5.72. The molecule has 0 fully saturated rings. The van der Waals surface area contributed by atoms with Crippen molar-refractivity contribution in [3.8, 4) is 0 Å². The number of carboxylic acids is 2. The van der Waals surface area contributed by atoms with E-state index < -0.39 is 17.9 Å². The van der Waals surface area contributed by atoms with Crippen LogP contribution in [0, 0.1) is 0 Å². The standard InChI is InChI=1S/C13H12ClNO4S/c1-5-8(12(16)17)10(7-3-4-20-11(7)14)9(13(18)19)6(2)15-5/h3-4,10,15H,1-2H3,(H,16,17)(H,18,19). The Morgan fingerprint density at radius 1 is 1.20 bits per heavy atom. The summed E-state index contributed by atoms with van der Waals surface area (Å²) in [5.74, 6) is -3.19. The summed E-state index contributed by atoms with van der Waals surface area (Å²) in [7, 11) is 0. The fourth-order valence-electron chi connectivity index (χ4n) is 2.38. The molecule has 1 aromatic heterocycles. The van der Waals surface area contributed by atoms with Gasteiger partial charge in [0, 0.05) is 11.4 Å². The summed E-state index contributed by atoms with van der Waals surface area (Å²) < 4.78 is 0.398. The maximum Gasteiger partial charge on any atom is 0.334 e. The van der Waals surface area contributed by atoms with E-state index >= 15 is 0 Å². The van der Waals surface area contributed by atoms with Crippen molar-refractivity contribution in [2.45, 2.75) is 19.8 Å². The lowest BCUT2D eigenvalue weighted by atomic mass is 9.81. The average molecular weight is 314 g/mol. The largest absolute Gasteiger partial charge is 0.478 e. The molecule has 0 bridgehead atoms. The molecule has 0 amide bonds. The number of carboxylic acid groups (broad SMARTS) is 2. The van der Waals surface area contributed by atoms with Crippen molar-refractivity contribution in [1.82, 2.24) is 5.32 Å². The third-order valence-electron chi connectivity index (χ3n) is 3.18. The number of aliphatic carboxylic acids is 2. The van der Waals surface area contributed by atoms with Crippen molar-refractivity contribution in [3.05, 3.63) is 43.9 Å². The molecule has 0 aromatic carbocycles. The third-order valence-corrected chi connectivity index (χ3v) is 4.38. The van der Waals surface area contributed by atoms with E-state index in [1.165, 1.54) is 11.3 Å². The van der Waals surface area contributed by atoms with Gasteiger partial charge in [-0.2, -0.15) is 0 Å². The Kier molecular flexibility index (Phi) is 3.87. The lowest BCUT2D eigenvalue weighted by Crippen LogP contribution is -2.30. The summed E-state index contributed by atoms with van der Waals surface area (Å²) in [5.41, 5.74) is 1.37. The van der Waals surface area contributed by atoms with Crippen LogP contribution in [0.4, 0.5) is 0 Å². The Labute approximate surface area is 124 Å². The van der Waals surface area contributed by atoms with Crippen LogP contribution in [0.2, 0.25) is 4.34 Å². The SMILES string of the molecule is CC1=C(C(=O)O)C(c2ccsc2Cl)C(C(=O)O)=C(C)N1. The molecule has 0 aliphatic carbocycles. The van der Waals surface area contributed by atoms with Gasteiger partial charge < -0.3 is 15.5 Å². The number of allylic oxidation sites excluding steroid dienone is 2. The molecule has 106 valence electrons. The van der Waals surface area contributed by atoms with Gasteiger partial charge in [-0.1, -0.05) is 11.6 Å². The predicted molar refractivity (Wildman–Crippen MR) is 75.9 cm³/mol. The monoisotopic (exact) mass is 313 g/mol. The fraction of sp³-hybridized carbons (Fsp3) is 0.231. The van der Waals surface area contributed by atoms with E-state index in [0.29, 0.717) is 21.3 Å². The normalized spacial score (nSPS) is 16.4. The molecule has 5 nitrogen and oxygen atoms in total. The van der Waals surface area contributed by atoms with Gasteiger partial charge in [-0.05, 0) is 30.9 Å². The van der Waals surface area contributed by atoms with Gasteiger partial charge in [0.15, 0.2) is 0 Å². The maximum absolute atomic E-state index is 11.5. The molecule has 0 spiro atoms. The van der Waals surface area contributed by atoms with Crippen molar-refractivity contribution >= 4 is 34.9 Å². The van der Waals surface area contributed by atoms with E-state index in [2.05, 4.69) is 5.32 Å². The summed E-state index contributed by atoms with van der Waals surface area (Å²) in [4.78, 5) is 23.0. The molecular formula is C13H12ClNO4S. The van der Waals surface area contributed by atoms with Crippen LogP contribution in [-0.2, 0) is 9.59 Å². The fourth-order valence-corrected chi connectivity index (χ4v) is 3.36.